The summed E-state index contributed by atoms with van der Waals surface area (Å²) in [7, 11) is -1.34. The highest BCUT2D eigenvalue weighted by atomic mass is 79.9. The van der Waals surface area contributed by atoms with Crippen molar-refractivity contribution in [3.63, 3.8) is 0 Å². The van der Waals surface area contributed by atoms with E-state index in [4.69, 9.17) is 33.1 Å². The molecule has 0 saturated carbocycles. The standard InChI is InChI=1S/C17H12N2.C11H7BrN4.C11H8BrN3O2.C11H10BrN3.C11H7BrN2.C6H7BO2.C6H6BrN.C5H3ClN2O2.CH4/c1-2-6-12(7-3-1)13-8-4-10-15-16(13)14-9-5-11-18-17(14)19-15;12-8-3-1-4-9(7-8)16-11-10(14-15-16)5-2-6-13-11;12-8-3-1-4-9(7-8)14-11-10(15(16)17)5-2-6-13-11;12-8-3-1-4-9(7-8)15-11-10(13)5-2-6-14-11;12-8-4-1-5-9-10(8)7-3-2-6-13-11(7)14-9;8-7(9)6-4-2-1-3-5-6;7-5-2-1-3-6(8)4-5;6-5-4(8(9)10)2-1-3-7-5;/h1-11H,(H,18,19);1-7H;1-7H,(H,13,14);1-7H,13H2,(H,14,15);1-6H,(H,13,14);1-5,8-9H;1-4H,8H2;1-3H;1H4. The van der Waals surface area contributed by atoms with Gasteiger partial charge in [-0.1, -0.05) is 207 Å². The Bertz CT molecular complexity index is 5820. The molecule has 0 radical (unpaired) electrons. The van der Waals surface area contributed by atoms with E-state index < -0.39 is 17.0 Å². The molecule has 17 rings (SSSR count). The van der Waals surface area contributed by atoms with Gasteiger partial charge in [0.05, 0.1) is 21.2 Å². The lowest BCUT2D eigenvalue weighted by Gasteiger charge is -2.07. The molecule has 10 N–H and O–H groups in total. The van der Waals surface area contributed by atoms with E-state index in [1.54, 1.807) is 53.6 Å². The van der Waals surface area contributed by atoms with Crippen LogP contribution >= 0.6 is 91.3 Å². The van der Waals surface area contributed by atoms with E-state index in [-0.39, 0.29) is 29.8 Å². The first-order chi connectivity index (χ1) is 52.4. The summed E-state index contributed by atoms with van der Waals surface area (Å²) in [5.74, 6) is 0.909. The third-order valence-corrected chi connectivity index (χ3v) is 17.9. The van der Waals surface area contributed by atoms with Gasteiger partial charge < -0.3 is 42.1 Å². The molecule has 0 bridgehead atoms. The lowest BCUT2D eigenvalue weighted by atomic mass is 9.81. The highest BCUT2D eigenvalue weighted by Gasteiger charge is 2.16. The zero-order valence-corrected chi connectivity index (χ0v) is 65.0. The number of halogens is 6. The molecule has 0 fully saturated rings. The molecule has 546 valence electrons. The SMILES string of the molecule is Brc1cccc(-n2nnc3cccnc32)c1.Brc1cccc2[nH]c3ncccc3c12.C.Nc1cccc(Br)c1.Nc1cccnc1Nc1cccc(Br)c1.O=[N+]([O-])c1cccnc1Cl.O=[N+]([O-])c1cccnc1Nc1cccc(Br)c1.OB(O)c1ccccc1.c1ccc(-c2cccc3[nH]c4ncccc4c23)cc1. The Balaban J connectivity index is 0.000000145. The summed E-state index contributed by atoms with van der Waals surface area (Å²) in [6, 6.07) is 83.4. The number of nitrogens with two attached hydrogens (primary N) is 2. The van der Waals surface area contributed by atoms with Gasteiger partial charge in [0.25, 0.3) is 0 Å². The van der Waals surface area contributed by atoms with Crippen molar-refractivity contribution < 1.29 is 19.9 Å². The Morgan fingerprint density at radius 1 is 0.468 bits per heavy atom. The number of nitro groups is 2. The van der Waals surface area contributed by atoms with Crippen LogP contribution in [0.2, 0.25) is 5.15 Å². The average Bonchev–Trinajstić information content (AvgIpc) is 1.63. The molecule has 9 aromatic heterocycles. The second kappa shape index (κ2) is 40.9. The Morgan fingerprint density at radius 3 is 1.50 bits per heavy atom. The van der Waals surface area contributed by atoms with E-state index in [2.05, 4.69) is 201 Å². The smallest absolute Gasteiger partial charge is 0.423 e. The minimum absolute atomic E-state index is 0. The number of H-pyrrole nitrogens is 2. The fraction of sp³-hybridized carbons (Fsp3) is 0.0127. The summed E-state index contributed by atoms with van der Waals surface area (Å²) in [4.78, 5) is 51.1. The van der Waals surface area contributed by atoms with Gasteiger partial charge in [0.2, 0.25) is 11.0 Å². The van der Waals surface area contributed by atoms with E-state index in [0.717, 1.165) is 84.0 Å². The summed E-state index contributed by atoms with van der Waals surface area (Å²) in [6.07, 6.45) is 9.96. The van der Waals surface area contributed by atoms with Crippen molar-refractivity contribution in [2.75, 3.05) is 22.1 Å². The van der Waals surface area contributed by atoms with Crippen molar-refractivity contribution in [1.82, 2.24) is 54.9 Å². The molecule has 8 aromatic carbocycles. The van der Waals surface area contributed by atoms with Gasteiger partial charge >= 0.3 is 18.5 Å². The zero-order valence-electron chi connectivity index (χ0n) is 56.3. The van der Waals surface area contributed by atoms with Crippen LogP contribution in [0.4, 0.5) is 45.8 Å². The summed E-state index contributed by atoms with van der Waals surface area (Å²) >= 11 is 22.4. The van der Waals surface area contributed by atoms with Gasteiger partial charge in [-0.3, -0.25) is 20.2 Å². The van der Waals surface area contributed by atoms with Gasteiger partial charge in [0, 0.05) is 121 Å². The summed E-state index contributed by atoms with van der Waals surface area (Å²) in [6.45, 7) is 0. The zero-order chi connectivity index (χ0) is 76.3. The first kappa shape index (κ1) is 81.4. The first-order valence-corrected chi connectivity index (χ1v) is 36.6. The molecule has 23 nitrogen and oxygen atoms in total. The number of aromatic nitrogens is 11. The van der Waals surface area contributed by atoms with Crippen LogP contribution < -0.4 is 27.6 Å². The number of benzene rings is 8. The molecule has 0 saturated heterocycles. The minimum Gasteiger partial charge on any atom is -0.423 e. The lowest BCUT2D eigenvalue weighted by molar-refractivity contribution is -0.385. The van der Waals surface area contributed by atoms with Crippen molar-refractivity contribution in [1.29, 1.82) is 0 Å². The van der Waals surface area contributed by atoms with E-state index in [9.17, 15) is 20.2 Å². The molecule has 0 aliphatic rings. The van der Waals surface area contributed by atoms with Gasteiger partial charge in [-0.15, -0.1) is 5.10 Å². The second-order valence-corrected chi connectivity index (χ2v) is 27.3. The molecule has 109 heavy (non-hydrogen) atoms. The largest absolute Gasteiger partial charge is 0.488 e. The van der Waals surface area contributed by atoms with Crippen LogP contribution in [0.5, 0.6) is 0 Å². The number of nitrogen functional groups attached to an aromatic ring is 2. The van der Waals surface area contributed by atoms with Crippen molar-refractivity contribution in [3.05, 3.63) is 352 Å². The topological polar surface area (TPSA) is 342 Å². The van der Waals surface area contributed by atoms with Crippen LogP contribution in [0.3, 0.4) is 0 Å². The number of hydrogen-bond acceptors (Lipinski definition) is 18. The normalized spacial score (nSPS) is 10.2. The Morgan fingerprint density at radius 2 is 0.954 bits per heavy atom. The predicted octanol–water partition coefficient (Wildman–Crippen LogP) is 20.8. The van der Waals surface area contributed by atoms with E-state index >= 15 is 0 Å². The molecule has 0 aliphatic carbocycles. The molecule has 0 atom stereocenters. The fourth-order valence-electron chi connectivity index (χ4n) is 10.1. The maximum Gasteiger partial charge on any atom is 0.488 e. The molecular formula is C79H64BBr5ClN17O6. The van der Waals surface area contributed by atoms with Crippen molar-refractivity contribution >= 4 is 205 Å². The third kappa shape index (κ3) is 23.4. The number of rotatable bonds is 9. The Hall–Kier alpha value is -11.7. The number of hydrogen-bond donors (Lipinski definition) is 8. The maximum absolute atomic E-state index is 10.8. The Labute approximate surface area is 672 Å². The quantitative estimate of drug-likeness (QED) is 0.0219. The van der Waals surface area contributed by atoms with Crippen LogP contribution in [-0.4, -0.2) is 81.9 Å². The van der Waals surface area contributed by atoms with Crippen LogP contribution in [0, 0.1) is 20.2 Å². The number of nitrogens with one attached hydrogen (secondary N) is 4. The second-order valence-electron chi connectivity index (χ2n) is 22.4. The number of aromatic amines is 2. The summed E-state index contributed by atoms with van der Waals surface area (Å²) < 4.78 is 6.76. The lowest BCUT2D eigenvalue weighted by Crippen LogP contribution is -2.29. The van der Waals surface area contributed by atoms with Crippen molar-refractivity contribution in [2.24, 2.45) is 0 Å². The maximum atomic E-state index is 10.8. The molecular weight excluding hydrogens is 1730 g/mol. The molecule has 0 amide bonds. The van der Waals surface area contributed by atoms with Gasteiger partial charge in [0.15, 0.2) is 11.5 Å². The van der Waals surface area contributed by atoms with Crippen LogP contribution in [-0.2, 0) is 0 Å². The average molecular weight is 1790 g/mol. The molecule has 0 aliphatic heterocycles. The van der Waals surface area contributed by atoms with Crippen molar-refractivity contribution in [3.8, 4) is 16.8 Å². The molecule has 30 heteroatoms. The van der Waals surface area contributed by atoms with Crippen LogP contribution in [0.15, 0.2) is 326 Å². The highest BCUT2D eigenvalue weighted by Crippen LogP contribution is 2.35. The molecule has 9 heterocycles. The van der Waals surface area contributed by atoms with Gasteiger partial charge in [0.1, 0.15) is 16.8 Å². The minimum atomic E-state index is -1.34. The number of anilines is 6. The number of pyridine rings is 6. The molecule has 17 aromatic rings. The predicted molar refractivity (Wildman–Crippen MR) is 457 cm³/mol. The van der Waals surface area contributed by atoms with E-state index in [1.807, 2.05) is 158 Å². The van der Waals surface area contributed by atoms with E-state index in [1.165, 1.54) is 63.9 Å². The Kier molecular flexibility index (Phi) is 30.5. The first-order valence-electron chi connectivity index (χ1n) is 32.2. The number of nitrogens with zero attached hydrogens (tertiary/aromatic N) is 11. The van der Waals surface area contributed by atoms with Crippen molar-refractivity contribution in [2.45, 2.75) is 7.43 Å². The third-order valence-electron chi connectivity index (χ3n) is 15.0. The monoisotopic (exact) mass is 1790 g/mol. The summed E-state index contributed by atoms with van der Waals surface area (Å²) in [5.41, 5.74) is 23.7. The summed E-state index contributed by atoms with van der Waals surface area (Å²) in [5, 5.41) is 57.0. The van der Waals surface area contributed by atoms with Gasteiger partial charge in [-0.2, -0.15) is 4.68 Å². The highest BCUT2D eigenvalue weighted by molar-refractivity contribution is 9.11. The van der Waals surface area contributed by atoms with Gasteiger partial charge in [-0.05, 0) is 168 Å². The number of fused-ring (bicyclic) bond motifs is 7. The molecule has 0 unspecified atom stereocenters. The molecule has 0 spiro atoms. The fourth-order valence-corrected chi connectivity index (χ4v) is 12.5. The van der Waals surface area contributed by atoms with Crippen LogP contribution in [0.1, 0.15) is 7.43 Å². The van der Waals surface area contributed by atoms with Crippen LogP contribution in [0.25, 0.3) is 71.9 Å². The van der Waals surface area contributed by atoms with E-state index in [0.29, 0.717) is 17.0 Å². The van der Waals surface area contributed by atoms with Gasteiger partial charge in [-0.25, -0.2) is 29.9 Å².